The average Bonchev–Trinajstić information content (AvgIpc) is 3.61. The van der Waals surface area contributed by atoms with Gasteiger partial charge in [0.15, 0.2) is 18.3 Å². The second-order valence-corrected chi connectivity index (χ2v) is 9.60. The van der Waals surface area contributed by atoms with Crippen LogP contribution in [0.15, 0.2) is 58.5 Å². The van der Waals surface area contributed by atoms with Crippen molar-refractivity contribution in [2.45, 2.75) is 33.1 Å². The molecule has 1 aliphatic heterocycles. The predicted octanol–water partition coefficient (Wildman–Crippen LogP) is 5.15. The van der Waals surface area contributed by atoms with E-state index in [1.165, 1.54) is 5.56 Å². The van der Waals surface area contributed by atoms with Gasteiger partial charge in [-0.05, 0) is 38.0 Å². The van der Waals surface area contributed by atoms with Crippen molar-refractivity contribution in [1.82, 2.24) is 9.97 Å². The molecule has 1 aliphatic rings. The summed E-state index contributed by atoms with van der Waals surface area (Å²) < 4.78 is 11.0. The van der Waals surface area contributed by atoms with E-state index in [1.807, 2.05) is 55.6 Å². The lowest BCUT2D eigenvalue weighted by atomic mass is 10.1. The molecule has 0 fully saturated rings. The number of hydrogen-bond donors (Lipinski definition) is 0. The number of carbonyl (C=O) groups is 2. The molecule has 35 heavy (non-hydrogen) atoms. The molecule has 2 aromatic carbocycles. The number of rotatable bonds is 7. The lowest BCUT2D eigenvalue weighted by molar-refractivity contribution is -0.147. The van der Waals surface area contributed by atoms with Crippen LogP contribution < -0.4 is 4.90 Å². The number of benzene rings is 2. The number of anilines is 1. The van der Waals surface area contributed by atoms with E-state index in [0.717, 1.165) is 39.5 Å². The molecule has 0 bridgehead atoms. The van der Waals surface area contributed by atoms with E-state index in [0.29, 0.717) is 24.6 Å². The molecule has 2 aromatic heterocycles. The Morgan fingerprint density at radius 1 is 1.11 bits per heavy atom. The van der Waals surface area contributed by atoms with E-state index >= 15 is 0 Å². The predicted molar refractivity (Wildman–Crippen MR) is 134 cm³/mol. The molecular formula is C27H25N3O4S. The molecule has 0 atom stereocenters. The fourth-order valence-corrected chi connectivity index (χ4v) is 4.72. The fourth-order valence-electron chi connectivity index (χ4n) is 4.09. The van der Waals surface area contributed by atoms with Crippen LogP contribution in [0, 0.1) is 13.8 Å². The molecule has 4 aromatic rings. The van der Waals surface area contributed by atoms with Gasteiger partial charge in [0.1, 0.15) is 0 Å². The lowest BCUT2D eigenvalue weighted by Gasteiger charge is -2.17. The number of esters is 1. The Morgan fingerprint density at radius 2 is 1.91 bits per heavy atom. The van der Waals surface area contributed by atoms with Crippen LogP contribution in [0.4, 0.5) is 5.69 Å². The number of nitrogens with zero attached hydrogens (tertiary/aromatic N) is 3. The molecule has 0 saturated carbocycles. The smallest absolute Gasteiger partial charge is 0.306 e. The number of aryl methyl sites for hydroxylation is 3. The second-order valence-electron chi connectivity index (χ2n) is 8.54. The van der Waals surface area contributed by atoms with E-state index < -0.39 is 5.97 Å². The van der Waals surface area contributed by atoms with Gasteiger partial charge in [-0.2, -0.15) is 0 Å². The minimum atomic E-state index is -0.456. The molecule has 178 valence electrons. The van der Waals surface area contributed by atoms with Crippen molar-refractivity contribution >= 4 is 28.9 Å². The van der Waals surface area contributed by atoms with Gasteiger partial charge >= 0.3 is 5.97 Å². The molecule has 7 nitrogen and oxygen atoms in total. The molecule has 0 N–H and O–H groups in total. The molecule has 0 saturated heterocycles. The SMILES string of the molecule is Cc1ccc(-c2cnc(CCC(=O)OCC(=O)N3CCc4cc(-c5csc(C)n5)ccc43)o2)cc1. The number of fused-ring (bicyclic) bond motifs is 1. The number of ether oxygens (including phenoxy) is 1. The summed E-state index contributed by atoms with van der Waals surface area (Å²) in [5.41, 5.74) is 6.06. The Balaban J connectivity index is 1.12. The zero-order chi connectivity index (χ0) is 24.4. The maximum absolute atomic E-state index is 12.7. The Bertz CT molecular complexity index is 1370. The maximum atomic E-state index is 12.7. The summed E-state index contributed by atoms with van der Waals surface area (Å²) in [6, 6.07) is 14.0. The number of oxazole rings is 1. The van der Waals surface area contributed by atoms with Crippen molar-refractivity contribution < 1.29 is 18.7 Å². The van der Waals surface area contributed by atoms with Crippen LogP contribution in [0.3, 0.4) is 0 Å². The summed E-state index contributed by atoms with van der Waals surface area (Å²) >= 11 is 1.62. The van der Waals surface area contributed by atoms with E-state index in [1.54, 1.807) is 22.4 Å². The molecule has 0 radical (unpaired) electrons. The van der Waals surface area contributed by atoms with Crippen LogP contribution >= 0.6 is 11.3 Å². The largest absolute Gasteiger partial charge is 0.456 e. The fraction of sp³-hybridized carbons (Fsp3) is 0.259. The van der Waals surface area contributed by atoms with Gasteiger partial charge in [0, 0.05) is 35.2 Å². The van der Waals surface area contributed by atoms with E-state index in [9.17, 15) is 9.59 Å². The first-order valence-corrected chi connectivity index (χ1v) is 12.4. The van der Waals surface area contributed by atoms with Gasteiger partial charge in [-0.1, -0.05) is 35.9 Å². The minimum Gasteiger partial charge on any atom is -0.456 e. The van der Waals surface area contributed by atoms with Crippen LogP contribution in [-0.2, 0) is 27.2 Å². The highest BCUT2D eigenvalue weighted by Crippen LogP contribution is 2.33. The molecule has 8 heteroatoms. The zero-order valence-corrected chi connectivity index (χ0v) is 20.4. The van der Waals surface area contributed by atoms with Crippen molar-refractivity contribution in [2.24, 2.45) is 0 Å². The molecule has 0 aliphatic carbocycles. The zero-order valence-electron chi connectivity index (χ0n) is 19.6. The summed E-state index contributed by atoms with van der Waals surface area (Å²) in [6.07, 6.45) is 2.82. The first kappa shape index (κ1) is 23.0. The first-order valence-electron chi connectivity index (χ1n) is 11.5. The highest BCUT2D eigenvalue weighted by molar-refractivity contribution is 7.09. The topological polar surface area (TPSA) is 85.5 Å². The van der Waals surface area contributed by atoms with Crippen LogP contribution in [-0.4, -0.2) is 35.0 Å². The monoisotopic (exact) mass is 487 g/mol. The number of carbonyl (C=O) groups excluding carboxylic acids is 2. The van der Waals surface area contributed by atoms with Crippen molar-refractivity contribution in [3.05, 3.63) is 76.1 Å². The van der Waals surface area contributed by atoms with E-state index in [4.69, 9.17) is 9.15 Å². The number of hydrogen-bond acceptors (Lipinski definition) is 7. The molecule has 3 heterocycles. The summed E-state index contributed by atoms with van der Waals surface area (Å²) in [5.74, 6) is 0.432. The molecule has 1 amide bonds. The minimum absolute atomic E-state index is 0.0914. The van der Waals surface area contributed by atoms with Crippen molar-refractivity contribution in [1.29, 1.82) is 0 Å². The Kier molecular flexibility index (Phi) is 6.46. The van der Waals surface area contributed by atoms with Crippen molar-refractivity contribution in [2.75, 3.05) is 18.1 Å². The summed E-state index contributed by atoms with van der Waals surface area (Å²) in [7, 11) is 0. The lowest BCUT2D eigenvalue weighted by Crippen LogP contribution is -2.33. The first-order chi connectivity index (χ1) is 17.0. The van der Waals surface area contributed by atoms with Crippen LogP contribution in [0.5, 0.6) is 0 Å². The summed E-state index contributed by atoms with van der Waals surface area (Å²) in [5, 5.41) is 3.06. The van der Waals surface area contributed by atoms with Gasteiger partial charge in [-0.15, -0.1) is 11.3 Å². The van der Waals surface area contributed by atoms with Gasteiger partial charge in [-0.25, -0.2) is 9.97 Å². The van der Waals surface area contributed by atoms with Crippen molar-refractivity contribution in [3.63, 3.8) is 0 Å². The van der Waals surface area contributed by atoms with Crippen LogP contribution in [0.1, 0.15) is 28.4 Å². The van der Waals surface area contributed by atoms with Crippen LogP contribution in [0.25, 0.3) is 22.6 Å². The summed E-state index contributed by atoms with van der Waals surface area (Å²) in [6.45, 7) is 4.29. The van der Waals surface area contributed by atoms with E-state index in [2.05, 4.69) is 16.0 Å². The Hall–Kier alpha value is -3.78. The Labute approximate surface area is 207 Å². The van der Waals surface area contributed by atoms with Crippen LogP contribution in [0.2, 0.25) is 0 Å². The second kappa shape index (κ2) is 9.84. The third-order valence-corrected chi connectivity index (χ3v) is 6.75. The number of aromatic nitrogens is 2. The molecular weight excluding hydrogens is 462 g/mol. The molecule has 5 rings (SSSR count). The third-order valence-electron chi connectivity index (χ3n) is 5.98. The highest BCUT2D eigenvalue weighted by Gasteiger charge is 2.26. The third kappa shape index (κ3) is 5.17. The van der Waals surface area contributed by atoms with Gasteiger partial charge < -0.3 is 14.1 Å². The van der Waals surface area contributed by atoms with Gasteiger partial charge in [0.25, 0.3) is 5.91 Å². The highest BCUT2D eigenvalue weighted by atomic mass is 32.1. The molecule has 0 spiro atoms. The number of amides is 1. The Morgan fingerprint density at radius 3 is 2.69 bits per heavy atom. The van der Waals surface area contributed by atoms with Crippen molar-refractivity contribution in [3.8, 4) is 22.6 Å². The summed E-state index contributed by atoms with van der Waals surface area (Å²) in [4.78, 5) is 35.4. The number of thiazole rings is 1. The molecule has 0 unspecified atom stereocenters. The standard InChI is InChI=1S/C27H25N3O4S/c1-17-3-5-19(6-4-17)24-14-28-25(34-24)9-10-27(32)33-15-26(31)30-12-11-21-13-20(7-8-23(21)30)22-16-35-18(2)29-22/h3-8,13-14,16H,9-12,15H2,1-2H3. The van der Waals surface area contributed by atoms with Gasteiger partial charge in [0.05, 0.1) is 23.3 Å². The quantitative estimate of drug-likeness (QED) is 0.335. The van der Waals surface area contributed by atoms with Gasteiger partial charge in [0.2, 0.25) is 0 Å². The van der Waals surface area contributed by atoms with E-state index in [-0.39, 0.29) is 18.9 Å². The average molecular weight is 488 g/mol. The normalized spacial score (nSPS) is 12.6. The van der Waals surface area contributed by atoms with Gasteiger partial charge in [-0.3, -0.25) is 9.59 Å². The maximum Gasteiger partial charge on any atom is 0.306 e.